The highest BCUT2D eigenvalue weighted by molar-refractivity contribution is 5.32. The largest absolute Gasteiger partial charge is 0.303 e. The van der Waals surface area contributed by atoms with Crippen molar-refractivity contribution in [3.63, 3.8) is 0 Å². The van der Waals surface area contributed by atoms with E-state index in [1.54, 1.807) is 12.1 Å². The van der Waals surface area contributed by atoms with E-state index in [1.165, 1.54) is 5.56 Å². The van der Waals surface area contributed by atoms with E-state index in [2.05, 4.69) is 48.3 Å². The standard InChI is InChI=1S/C21H27FN2/c1-16(2)24-14-12-20(13-15-24)23-21(17-6-4-3-5-7-17)18-8-10-19(22)11-9-18/h3-11,16,20-21,23H,12-15H2,1-2H3. The molecule has 2 nitrogen and oxygen atoms in total. The fourth-order valence-electron chi connectivity index (χ4n) is 3.50. The van der Waals surface area contributed by atoms with E-state index in [1.807, 2.05) is 18.2 Å². The summed E-state index contributed by atoms with van der Waals surface area (Å²) >= 11 is 0. The molecule has 1 aliphatic rings. The lowest BCUT2D eigenvalue weighted by Crippen LogP contribution is -2.46. The first kappa shape index (κ1) is 17.1. The summed E-state index contributed by atoms with van der Waals surface area (Å²) in [5, 5.41) is 3.82. The van der Waals surface area contributed by atoms with Gasteiger partial charge in [0.1, 0.15) is 5.82 Å². The SMILES string of the molecule is CC(C)N1CCC(NC(c2ccccc2)c2ccc(F)cc2)CC1. The maximum Gasteiger partial charge on any atom is 0.123 e. The molecule has 0 aliphatic carbocycles. The van der Waals surface area contributed by atoms with Crippen molar-refractivity contribution in [2.24, 2.45) is 0 Å². The Kier molecular flexibility index (Phi) is 5.64. The van der Waals surface area contributed by atoms with Gasteiger partial charge in [0, 0.05) is 12.1 Å². The second-order valence-corrected chi connectivity index (χ2v) is 6.97. The van der Waals surface area contributed by atoms with Gasteiger partial charge in [-0.2, -0.15) is 0 Å². The molecule has 0 bridgehead atoms. The highest BCUT2D eigenvalue weighted by Crippen LogP contribution is 2.25. The maximum atomic E-state index is 13.3. The van der Waals surface area contributed by atoms with E-state index in [4.69, 9.17) is 0 Å². The zero-order chi connectivity index (χ0) is 16.9. The van der Waals surface area contributed by atoms with Crippen LogP contribution in [0.1, 0.15) is 43.9 Å². The Bertz CT molecular complexity index is 616. The van der Waals surface area contributed by atoms with Gasteiger partial charge in [0.05, 0.1) is 6.04 Å². The lowest BCUT2D eigenvalue weighted by atomic mass is 9.95. The molecule has 0 amide bonds. The van der Waals surface area contributed by atoms with E-state index in [0.717, 1.165) is 31.5 Å². The molecule has 1 saturated heterocycles. The van der Waals surface area contributed by atoms with Crippen LogP contribution >= 0.6 is 0 Å². The van der Waals surface area contributed by atoms with Crippen LogP contribution in [0.4, 0.5) is 4.39 Å². The second-order valence-electron chi connectivity index (χ2n) is 6.97. The third-order valence-corrected chi connectivity index (χ3v) is 5.00. The van der Waals surface area contributed by atoms with Gasteiger partial charge in [-0.05, 0) is 63.0 Å². The Hall–Kier alpha value is -1.71. The fraction of sp³-hybridized carbons (Fsp3) is 0.429. The smallest absolute Gasteiger partial charge is 0.123 e. The molecule has 2 aromatic carbocycles. The summed E-state index contributed by atoms with van der Waals surface area (Å²) in [6.07, 6.45) is 2.31. The first-order chi connectivity index (χ1) is 11.6. The molecule has 1 N–H and O–H groups in total. The first-order valence-corrected chi connectivity index (χ1v) is 8.94. The van der Waals surface area contributed by atoms with Crippen molar-refractivity contribution in [1.29, 1.82) is 0 Å². The van der Waals surface area contributed by atoms with Crippen LogP contribution < -0.4 is 5.32 Å². The molecule has 0 saturated carbocycles. The van der Waals surface area contributed by atoms with Gasteiger partial charge in [0.25, 0.3) is 0 Å². The van der Waals surface area contributed by atoms with Gasteiger partial charge in [-0.25, -0.2) is 4.39 Å². The number of likely N-dealkylation sites (tertiary alicyclic amines) is 1. The minimum Gasteiger partial charge on any atom is -0.303 e. The van der Waals surface area contributed by atoms with Crippen LogP contribution in [0.25, 0.3) is 0 Å². The molecule has 1 fully saturated rings. The quantitative estimate of drug-likeness (QED) is 0.877. The average Bonchev–Trinajstić information content (AvgIpc) is 2.62. The van der Waals surface area contributed by atoms with Crippen LogP contribution in [0, 0.1) is 5.82 Å². The molecule has 1 atom stereocenters. The molecule has 0 aromatic heterocycles. The number of halogens is 1. The van der Waals surface area contributed by atoms with Crippen LogP contribution in [-0.4, -0.2) is 30.1 Å². The van der Waals surface area contributed by atoms with Gasteiger partial charge in [-0.3, -0.25) is 0 Å². The Morgan fingerprint density at radius 1 is 0.917 bits per heavy atom. The van der Waals surface area contributed by atoms with E-state index in [0.29, 0.717) is 12.1 Å². The summed E-state index contributed by atoms with van der Waals surface area (Å²) in [7, 11) is 0. The van der Waals surface area contributed by atoms with Crippen LogP contribution in [-0.2, 0) is 0 Å². The van der Waals surface area contributed by atoms with Crippen LogP contribution in [0.15, 0.2) is 54.6 Å². The molecular formula is C21H27FN2. The first-order valence-electron chi connectivity index (χ1n) is 8.94. The highest BCUT2D eigenvalue weighted by Gasteiger charge is 2.24. The van der Waals surface area contributed by atoms with Gasteiger partial charge >= 0.3 is 0 Å². The number of hydrogen-bond donors (Lipinski definition) is 1. The van der Waals surface area contributed by atoms with Crippen molar-refractivity contribution in [1.82, 2.24) is 10.2 Å². The second kappa shape index (κ2) is 7.91. The van der Waals surface area contributed by atoms with Crippen molar-refractivity contribution in [3.05, 3.63) is 71.5 Å². The minimum absolute atomic E-state index is 0.113. The molecule has 128 valence electrons. The minimum atomic E-state index is -0.184. The van der Waals surface area contributed by atoms with E-state index >= 15 is 0 Å². The average molecular weight is 326 g/mol. The summed E-state index contributed by atoms with van der Waals surface area (Å²) in [6, 6.07) is 18.6. The van der Waals surface area contributed by atoms with E-state index in [9.17, 15) is 4.39 Å². The van der Waals surface area contributed by atoms with E-state index in [-0.39, 0.29) is 11.9 Å². The Balaban J connectivity index is 1.75. The van der Waals surface area contributed by atoms with Gasteiger partial charge in [0.15, 0.2) is 0 Å². The lowest BCUT2D eigenvalue weighted by Gasteiger charge is -2.36. The molecule has 1 aliphatic heterocycles. The fourth-order valence-corrected chi connectivity index (χ4v) is 3.50. The van der Waals surface area contributed by atoms with Crippen molar-refractivity contribution in [2.75, 3.05) is 13.1 Å². The Morgan fingerprint density at radius 3 is 2.08 bits per heavy atom. The molecular weight excluding hydrogens is 299 g/mol. The van der Waals surface area contributed by atoms with E-state index < -0.39 is 0 Å². The Labute approximate surface area is 144 Å². The third-order valence-electron chi connectivity index (χ3n) is 5.00. The number of nitrogens with one attached hydrogen (secondary N) is 1. The summed E-state index contributed by atoms with van der Waals surface area (Å²) in [4.78, 5) is 2.54. The number of hydrogen-bond acceptors (Lipinski definition) is 2. The molecule has 24 heavy (non-hydrogen) atoms. The third kappa shape index (κ3) is 4.22. The maximum absolute atomic E-state index is 13.3. The molecule has 3 rings (SSSR count). The molecule has 0 spiro atoms. The van der Waals surface area contributed by atoms with Gasteiger partial charge in [-0.15, -0.1) is 0 Å². The Morgan fingerprint density at radius 2 is 1.50 bits per heavy atom. The summed E-state index contributed by atoms with van der Waals surface area (Å²) < 4.78 is 13.3. The summed E-state index contributed by atoms with van der Waals surface area (Å²) in [5.41, 5.74) is 2.35. The monoisotopic (exact) mass is 326 g/mol. The van der Waals surface area contributed by atoms with Crippen molar-refractivity contribution in [2.45, 2.75) is 44.8 Å². The van der Waals surface area contributed by atoms with Gasteiger partial charge < -0.3 is 10.2 Å². The molecule has 0 radical (unpaired) electrons. The molecule has 2 aromatic rings. The molecule has 3 heteroatoms. The normalized spacial score (nSPS) is 18.0. The summed E-state index contributed by atoms with van der Waals surface area (Å²) in [6.45, 7) is 6.80. The number of benzene rings is 2. The number of piperidine rings is 1. The topological polar surface area (TPSA) is 15.3 Å². The van der Waals surface area contributed by atoms with Crippen molar-refractivity contribution >= 4 is 0 Å². The number of nitrogens with zero attached hydrogens (tertiary/aromatic N) is 1. The lowest BCUT2D eigenvalue weighted by molar-refractivity contribution is 0.158. The predicted octanol–water partition coefficient (Wildman–Crippen LogP) is 4.38. The van der Waals surface area contributed by atoms with Crippen LogP contribution in [0.3, 0.4) is 0 Å². The predicted molar refractivity (Wildman–Crippen MR) is 97.6 cm³/mol. The highest BCUT2D eigenvalue weighted by atomic mass is 19.1. The zero-order valence-corrected chi connectivity index (χ0v) is 14.6. The van der Waals surface area contributed by atoms with Crippen molar-refractivity contribution < 1.29 is 4.39 Å². The summed E-state index contributed by atoms with van der Waals surface area (Å²) in [5.74, 6) is -0.184. The molecule has 1 unspecified atom stereocenters. The van der Waals surface area contributed by atoms with Gasteiger partial charge in [0.2, 0.25) is 0 Å². The number of rotatable bonds is 5. The van der Waals surface area contributed by atoms with Gasteiger partial charge in [-0.1, -0.05) is 42.5 Å². The zero-order valence-electron chi connectivity index (χ0n) is 14.6. The van der Waals surface area contributed by atoms with Crippen molar-refractivity contribution in [3.8, 4) is 0 Å². The van der Waals surface area contributed by atoms with Crippen LogP contribution in [0.5, 0.6) is 0 Å². The van der Waals surface area contributed by atoms with Crippen LogP contribution in [0.2, 0.25) is 0 Å². The molecule has 1 heterocycles.